The second kappa shape index (κ2) is 7.55. The molecule has 8 heteroatoms. The predicted molar refractivity (Wildman–Crippen MR) is 93.0 cm³/mol. The molecule has 0 atom stereocenters. The van der Waals surface area contributed by atoms with Crippen LogP contribution in [0.4, 0.5) is 0 Å². The minimum atomic E-state index is 0.144. The molecule has 122 valence electrons. The van der Waals surface area contributed by atoms with Crippen LogP contribution in [0.2, 0.25) is 10.0 Å². The van der Waals surface area contributed by atoms with Gasteiger partial charge in [0.2, 0.25) is 11.1 Å². The topological polar surface area (TPSA) is 61.9 Å². The van der Waals surface area contributed by atoms with Gasteiger partial charge in [0.15, 0.2) is 5.82 Å². The molecule has 1 saturated heterocycles. The van der Waals surface area contributed by atoms with Crippen LogP contribution in [-0.4, -0.2) is 44.8 Å². The SMILES string of the molecule is O=C(CSc1n[nH]c(-c2ccc(Cl)cc2Cl)n1)N1CCCCC1. The van der Waals surface area contributed by atoms with Crippen LogP contribution in [0, 0.1) is 0 Å². The molecule has 1 N–H and O–H groups in total. The maximum Gasteiger partial charge on any atom is 0.233 e. The quantitative estimate of drug-likeness (QED) is 0.829. The highest BCUT2D eigenvalue weighted by molar-refractivity contribution is 7.99. The predicted octanol–water partition coefficient (Wildman–Crippen LogP) is 3.88. The lowest BCUT2D eigenvalue weighted by Gasteiger charge is -2.26. The van der Waals surface area contributed by atoms with Crippen molar-refractivity contribution >= 4 is 40.9 Å². The summed E-state index contributed by atoms with van der Waals surface area (Å²) in [6.07, 6.45) is 3.40. The number of carbonyl (C=O) groups is 1. The van der Waals surface area contributed by atoms with E-state index in [0.29, 0.717) is 26.8 Å². The number of nitrogens with zero attached hydrogens (tertiary/aromatic N) is 3. The molecule has 1 aromatic heterocycles. The van der Waals surface area contributed by atoms with Crippen molar-refractivity contribution in [3.05, 3.63) is 28.2 Å². The summed E-state index contributed by atoms with van der Waals surface area (Å²) in [7, 11) is 0. The van der Waals surface area contributed by atoms with E-state index < -0.39 is 0 Å². The van der Waals surface area contributed by atoms with Crippen molar-refractivity contribution in [2.45, 2.75) is 24.4 Å². The summed E-state index contributed by atoms with van der Waals surface area (Å²) in [5.74, 6) is 1.07. The van der Waals surface area contributed by atoms with Gasteiger partial charge >= 0.3 is 0 Å². The van der Waals surface area contributed by atoms with Gasteiger partial charge < -0.3 is 4.90 Å². The van der Waals surface area contributed by atoms with E-state index in [0.717, 1.165) is 31.5 Å². The van der Waals surface area contributed by atoms with E-state index in [1.807, 2.05) is 4.90 Å². The van der Waals surface area contributed by atoms with E-state index in [-0.39, 0.29) is 5.91 Å². The number of amides is 1. The van der Waals surface area contributed by atoms with Crippen LogP contribution in [0.1, 0.15) is 19.3 Å². The largest absolute Gasteiger partial charge is 0.342 e. The van der Waals surface area contributed by atoms with E-state index in [9.17, 15) is 4.79 Å². The summed E-state index contributed by atoms with van der Waals surface area (Å²) in [5, 5.41) is 8.61. The van der Waals surface area contributed by atoms with Crippen molar-refractivity contribution < 1.29 is 4.79 Å². The van der Waals surface area contributed by atoms with Crippen LogP contribution in [0.3, 0.4) is 0 Å². The van der Waals surface area contributed by atoms with Crippen molar-refractivity contribution in [3.63, 3.8) is 0 Å². The van der Waals surface area contributed by atoms with Gasteiger partial charge in [-0.1, -0.05) is 35.0 Å². The third kappa shape index (κ3) is 4.19. The van der Waals surface area contributed by atoms with Gasteiger partial charge in [-0.15, -0.1) is 5.10 Å². The average Bonchev–Trinajstić information content (AvgIpc) is 3.02. The van der Waals surface area contributed by atoms with Crippen LogP contribution >= 0.6 is 35.0 Å². The summed E-state index contributed by atoms with van der Waals surface area (Å²) in [5.41, 5.74) is 0.734. The number of piperidine rings is 1. The number of likely N-dealkylation sites (tertiary alicyclic amines) is 1. The van der Waals surface area contributed by atoms with E-state index in [1.54, 1.807) is 18.2 Å². The van der Waals surface area contributed by atoms with Crippen LogP contribution in [0.25, 0.3) is 11.4 Å². The fourth-order valence-corrected chi connectivity index (χ4v) is 3.67. The zero-order valence-corrected chi connectivity index (χ0v) is 14.7. The molecule has 23 heavy (non-hydrogen) atoms. The number of thioether (sulfide) groups is 1. The number of hydrogen-bond donors (Lipinski definition) is 1. The molecule has 0 radical (unpaired) electrons. The Morgan fingerprint density at radius 2 is 2.04 bits per heavy atom. The second-order valence-corrected chi connectivity index (χ2v) is 7.11. The lowest BCUT2D eigenvalue weighted by atomic mass is 10.1. The number of carbonyl (C=O) groups excluding carboxylic acids is 1. The first-order valence-corrected chi connectivity index (χ1v) is 9.16. The Hall–Kier alpha value is -1.24. The molecule has 5 nitrogen and oxygen atoms in total. The molecule has 1 aliphatic rings. The minimum absolute atomic E-state index is 0.144. The molecule has 0 unspecified atom stereocenters. The smallest absolute Gasteiger partial charge is 0.233 e. The molecule has 3 rings (SSSR count). The molecule has 1 fully saturated rings. The van der Waals surface area contributed by atoms with Gasteiger partial charge in [0.25, 0.3) is 0 Å². The molecule has 1 aromatic carbocycles. The van der Waals surface area contributed by atoms with E-state index in [4.69, 9.17) is 23.2 Å². The number of hydrogen-bond acceptors (Lipinski definition) is 4. The summed E-state index contributed by atoms with van der Waals surface area (Å²) >= 11 is 13.4. The Bertz CT molecular complexity index is 701. The van der Waals surface area contributed by atoms with E-state index in [1.165, 1.54) is 18.2 Å². The number of aromatic nitrogens is 3. The van der Waals surface area contributed by atoms with Crippen LogP contribution in [0.15, 0.2) is 23.4 Å². The Morgan fingerprint density at radius 3 is 2.78 bits per heavy atom. The van der Waals surface area contributed by atoms with Gasteiger partial charge in [0, 0.05) is 23.7 Å². The number of H-pyrrole nitrogens is 1. The van der Waals surface area contributed by atoms with Gasteiger partial charge in [0.1, 0.15) is 0 Å². The number of halogens is 2. The normalized spacial score (nSPS) is 15.0. The molecule has 0 saturated carbocycles. The first kappa shape index (κ1) is 16.6. The maximum atomic E-state index is 12.1. The Balaban J connectivity index is 1.62. The molecular weight excluding hydrogens is 355 g/mol. The van der Waals surface area contributed by atoms with Gasteiger partial charge in [-0.05, 0) is 37.5 Å². The molecule has 1 amide bonds. The third-order valence-electron chi connectivity index (χ3n) is 3.68. The Labute approximate surface area is 148 Å². The average molecular weight is 371 g/mol. The third-order valence-corrected chi connectivity index (χ3v) is 5.06. The van der Waals surface area contributed by atoms with Crippen LogP contribution in [0.5, 0.6) is 0 Å². The first-order chi connectivity index (χ1) is 11.1. The van der Waals surface area contributed by atoms with Crippen LogP contribution < -0.4 is 0 Å². The molecule has 0 spiro atoms. The minimum Gasteiger partial charge on any atom is -0.342 e. The highest BCUT2D eigenvalue weighted by Crippen LogP contribution is 2.29. The van der Waals surface area contributed by atoms with Gasteiger partial charge in [-0.3, -0.25) is 9.89 Å². The van der Waals surface area contributed by atoms with Crippen molar-refractivity contribution in [2.75, 3.05) is 18.8 Å². The van der Waals surface area contributed by atoms with E-state index >= 15 is 0 Å². The fourth-order valence-electron chi connectivity index (χ4n) is 2.47. The van der Waals surface area contributed by atoms with E-state index in [2.05, 4.69) is 15.2 Å². The monoisotopic (exact) mass is 370 g/mol. The second-order valence-electron chi connectivity index (χ2n) is 5.32. The fraction of sp³-hybridized carbons (Fsp3) is 0.400. The number of rotatable bonds is 4. The zero-order valence-electron chi connectivity index (χ0n) is 12.4. The highest BCUT2D eigenvalue weighted by Gasteiger charge is 2.17. The molecule has 2 heterocycles. The number of benzene rings is 1. The zero-order chi connectivity index (χ0) is 16.2. The summed E-state index contributed by atoms with van der Waals surface area (Å²) in [6.45, 7) is 1.72. The van der Waals surface area contributed by atoms with Crippen LogP contribution in [-0.2, 0) is 4.79 Å². The standard InChI is InChI=1S/C15H16Cl2N4OS/c16-10-4-5-11(12(17)8-10)14-18-15(20-19-14)23-9-13(22)21-6-2-1-3-7-21/h4-5,8H,1-3,6-7,9H2,(H,18,19,20). The van der Waals surface area contributed by atoms with Gasteiger partial charge in [-0.2, -0.15) is 0 Å². The number of aromatic amines is 1. The van der Waals surface area contributed by atoms with Crippen molar-refractivity contribution in [1.82, 2.24) is 20.1 Å². The first-order valence-electron chi connectivity index (χ1n) is 7.42. The van der Waals surface area contributed by atoms with Crippen molar-refractivity contribution in [3.8, 4) is 11.4 Å². The van der Waals surface area contributed by atoms with Crippen molar-refractivity contribution in [1.29, 1.82) is 0 Å². The van der Waals surface area contributed by atoms with Gasteiger partial charge in [-0.25, -0.2) is 4.98 Å². The molecule has 1 aliphatic heterocycles. The summed E-state index contributed by atoms with van der Waals surface area (Å²) in [4.78, 5) is 18.4. The lowest BCUT2D eigenvalue weighted by Crippen LogP contribution is -2.36. The summed E-state index contributed by atoms with van der Waals surface area (Å²) < 4.78 is 0. The maximum absolute atomic E-state index is 12.1. The molecule has 0 bridgehead atoms. The van der Waals surface area contributed by atoms with Crippen molar-refractivity contribution in [2.24, 2.45) is 0 Å². The highest BCUT2D eigenvalue weighted by atomic mass is 35.5. The summed E-state index contributed by atoms with van der Waals surface area (Å²) in [6, 6.07) is 5.20. The molecular formula is C15H16Cl2N4OS. The molecule has 0 aliphatic carbocycles. The van der Waals surface area contributed by atoms with Gasteiger partial charge in [0.05, 0.1) is 10.8 Å². The number of nitrogens with one attached hydrogen (secondary N) is 1. The lowest BCUT2D eigenvalue weighted by molar-refractivity contribution is -0.129. The molecule has 2 aromatic rings. The Kier molecular flexibility index (Phi) is 5.46. The Morgan fingerprint density at radius 1 is 1.26 bits per heavy atom.